The summed E-state index contributed by atoms with van der Waals surface area (Å²) in [6.45, 7) is 6.33. The third-order valence-electron chi connectivity index (χ3n) is 3.53. The third-order valence-corrected chi connectivity index (χ3v) is 3.53. The molecule has 0 bridgehead atoms. The van der Waals surface area contributed by atoms with Crippen molar-refractivity contribution in [2.45, 2.75) is 77.4 Å². The van der Waals surface area contributed by atoms with Crippen molar-refractivity contribution in [3.05, 3.63) is 0 Å². The van der Waals surface area contributed by atoms with E-state index in [1.807, 2.05) is 6.92 Å². The summed E-state index contributed by atoms with van der Waals surface area (Å²) in [7, 11) is 0. The number of piperidine rings is 1. The molecule has 3 heteroatoms. The first-order valence-electron chi connectivity index (χ1n) is 6.59. The van der Waals surface area contributed by atoms with Gasteiger partial charge in [-0.15, -0.1) is 0 Å². The first-order valence-corrected chi connectivity index (χ1v) is 6.59. The Labute approximate surface area is 99.4 Å². The SMILES string of the molecule is CC(N)CCCC(=O)N1C(C)CCCC1C. The number of carbonyl (C=O) groups is 1. The van der Waals surface area contributed by atoms with Gasteiger partial charge >= 0.3 is 0 Å². The van der Waals surface area contributed by atoms with E-state index in [2.05, 4.69) is 18.7 Å². The lowest BCUT2D eigenvalue weighted by Gasteiger charge is -2.39. The van der Waals surface area contributed by atoms with E-state index in [1.165, 1.54) is 6.42 Å². The Kier molecular flexibility index (Phi) is 5.26. The molecule has 3 unspecified atom stereocenters. The van der Waals surface area contributed by atoms with Crippen LogP contribution in [0.1, 0.15) is 59.3 Å². The highest BCUT2D eigenvalue weighted by atomic mass is 16.2. The highest BCUT2D eigenvalue weighted by molar-refractivity contribution is 5.76. The van der Waals surface area contributed by atoms with Gasteiger partial charge < -0.3 is 10.6 Å². The standard InChI is InChI=1S/C13H26N2O/c1-10(14)6-4-9-13(16)15-11(2)7-5-8-12(15)3/h10-12H,4-9,14H2,1-3H3. The first-order chi connectivity index (χ1) is 7.52. The fourth-order valence-corrected chi connectivity index (χ4v) is 2.62. The van der Waals surface area contributed by atoms with Gasteiger partial charge in [0.05, 0.1) is 0 Å². The summed E-state index contributed by atoms with van der Waals surface area (Å²) in [5, 5.41) is 0. The predicted octanol–water partition coefficient (Wildman–Crippen LogP) is 2.29. The van der Waals surface area contributed by atoms with Gasteiger partial charge in [-0.25, -0.2) is 0 Å². The number of hydrogen-bond acceptors (Lipinski definition) is 2. The molecule has 16 heavy (non-hydrogen) atoms. The minimum Gasteiger partial charge on any atom is -0.337 e. The highest BCUT2D eigenvalue weighted by Crippen LogP contribution is 2.23. The molecule has 3 nitrogen and oxygen atoms in total. The summed E-state index contributed by atoms with van der Waals surface area (Å²) in [4.78, 5) is 14.2. The molecule has 94 valence electrons. The molecule has 1 fully saturated rings. The van der Waals surface area contributed by atoms with Crippen molar-refractivity contribution in [2.75, 3.05) is 0 Å². The Morgan fingerprint density at radius 3 is 2.44 bits per heavy atom. The number of carbonyl (C=O) groups excluding carboxylic acids is 1. The molecular weight excluding hydrogens is 200 g/mol. The van der Waals surface area contributed by atoms with E-state index in [0.29, 0.717) is 24.4 Å². The Morgan fingerprint density at radius 2 is 1.94 bits per heavy atom. The van der Waals surface area contributed by atoms with E-state index in [4.69, 9.17) is 5.73 Å². The molecule has 1 saturated heterocycles. The second kappa shape index (κ2) is 6.24. The molecule has 2 N–H and O–H groups in total. The molecule has 0 spiro atoms. The summed E-state index contributed by atoms with van der Waals surface area (Å²) in [6, 6.07) is 1.06. The molecule has 0 saturated carbocycles. The van der Waals surface area contributed by atoms with Crippen LogP contribution in [0.3, 0.4) is 0 Å². The topological polar surface area (TPSA) is 46.3 Å². The van der Waals surface area contributed by atoms with Gasteiger partial charge in [0, 0.05) is 24.5 Å². The van der Waals surface area contributed by atoms with E-state index >= 15 is 0 Å². The van der Waals surface area contributed by atoms with Crippen molar-refractivity contribution in [2.24, 2.45) is 5.73 Å². The van der Waals surface area contributed by atoms with E-state index in [1.54, 1.807) is 0 Å². The van der Waals surface area contributed by atoms with Crippen molar-refractivity contribution in [3.63, 3.8) is 0 Å². The van der Waals surface area contributed by atoms with Crippen LogP contribution in [0.15, 0.2) is 0 Å². The number of nitrogens with zero attached hydrogens (tertiary/aromatic N) is 1. The van der Waals surface area contributed by atoms with Crippen molar-refractivity contribution >= 4 is 5.91 Å². The zero-order valence-electron chi connectivity index (χ0n) is 10.9. The van der Waals surface area contributed by atoms with Crippen molar-refractivity contribution < 1.29 is 4.79 Å². The minimum absolute atomic E-state index is 0.212. The second-order valence-corrected chi connectivity index (χ2v) is 5.30. The summed E-state index contributed by atoms with van der Waals surface area (Å²) >= 11 is 0. The fourth-order valence-electron chi connectivity index (χ4n) is 2.62. The van der Waals surface area contributed by atoms with Crippen LogP contribution in [-0.2, 0) is 4.79 Å². The Hall–Kier alpha value is -0.570. The highest BCUT2D eigenvalue weighted by Gasteiger charge is 2.28. The number of hydrogen-bond donors (Lipinski definition) is 1. The van der Waals surface area contributed by atoms with Gasteiger partial charge in [-0.05, 0) is 52.9 Å². The Bertz CT molecular complexity index is 218. The maximum atomic E-state index is 12.1. The molecule has 1 aliphatic heterocycles. The number of amides is 1. The maximum Gasteiger partial charge on any atom is 0.223 e. The van der Waals surface area contributed by atoms with Crippen molar-refractivity contribution in [3.8, 4) is 0 Å². The van der Waals surface area contributed by atoms with Crippen LogP contribution >= 0.6 is 0 Å². The molecule has 0 aromatic carbocycles. The zero-order chi connectivity index (χ0) is 12.1. The zero-order valence-corrected chi connectivity index (χ0v) is 10.9. The molecule has 1 heterocycles. The van der Waals surface area contributed by atoms with Crippen LogP contribution in [0.5, 0.6) is 0 Å². The van der Waals surface area contributed by atoms with Gasteiger partial charge in [0.2, 0.25) is 5.91 Å². The Balaban J connectivity index is 2.39. The molecule has 0 aromatic rings. The normalized spacial score (nSPS) is 27.9. The van der Waals surface area contributed by atoms with Crippen LogP contribution in [0.4, 0.5) is 0 Å². The summed E-state index contributed by atoms with van der Waals surface area (Å²) in [5.41, 5.74) is 5.69. The number of likely N-dealkylation sites (tertiary alicyclic amines) is 1. The van der Waals surface area contributed by atoms with Crippen LogP contribution in [0, 0.1) is 0 Å². The monoisotopic (exact) mass is 226 g/mol. The smallest absolute Gasteiger partial charge is 0.223 e. The largest absolute Gasteiger partial charge is 0.337 e. The van der Waals surface area contributed by atoms with Crippen LogP contribution in [-0.4, -0.2) is 28.9 Å². The van der Waals surface area contributed by atoms with Gasteiger partial charge in [0.15, 0.2) is 0 Å². The molecule has 0 aromatic heterocycles. The lowest BCUT2D eigenvalue weighted by molar-refractivity contribution is -0.137. The molecule has 3 atom stereocenters. The molecule has 1 amide bonds. The van der Waals surface area contributed by atoms with Crippen LogP contribution in [0.2, 0.25) is 0 Å². The average Bonchev–Trinajstić information content (AvgIpc) is 2.16. The quantitative estimate of drug-likeness (QED) is 0.799. The number of rotatable bonds is 4. The second-order valence-electron chi connectivity index (χ2n) is 5.30. The van der Waals surface area contributed by atoms with Crippen LogP contribution < -0.4 is 5.73 Å². The molecular formula is C13H26N2O. The van der Waals surface area contributed by atoms with E-state index in [0.717, 1.165) is 25.7 Å². The average molecular weight is 226 g/mol. The molecule has 0 radical (unpaired) electrons. The summed E-state index contributed by atoms with van der Waals surface area (Å²) in [5.74, 6) is 0.320. The van der Waals surface area contributed by atoms with Gasteiger partial charge in [-0.3, -0.25) is 4.79 Å². The van der Waals surface area contributed by atoms with Gasteiger partial charge in [-0.2, -0.15) is 0 Å². The summed E-state index contributed by atoms with van der Waals surface area (Å²) < 4.78 is 0. The van der Waals surface area contributed by atoms with E-state index < -0.39 is 0 Å². The third kappa shape index (κ3) is 3.78. The van der Waals surface area contributed by atoms with E-state index in [9.17, 15) is 4.79 Å². The maximum absolute atomic E-state index is 12.1. The molecule has 1 rings (SSSR count). The van der Waals surface area contributed by atoms with Gasteiger partial charge in [0.1, 0.15) is 0 Å². The Morgan fingerprint density at radius 1 is 1.38 bits per heavy atom. The fraction of sp³-hybridized carbons (Fsp3) is 0.923. The number of nitrogens with two attached hydrogens (primary N) is 1. The summed E-state index contributed by atoms with van der Waals surface area (Å²) in [6.07, 6.45) is 6.10. The first kappa shape index (κ1) is 13.5. The van der Waals surface area contributed by atoms with Crippen molar-refractivity contribution in [1.82, 2.24) is 4.90 Å². The molecule has 1 aliphatic rings. The lowest BCUT2D eigenvalue weighted by Crippen LogP contribution is -2.47. The van der Waals surface area contributed by atoms with Crippen molar-refractivity contribution in [1.29, 1.82) is 0 Å². The molecule has 0 aliphatic carbocycles. The van der Waals surface area contributed by atoms with Crippen LogP contribution in [0.25, 0.3) is 0 Å². The minimum atomic E-state index is 0.212. The van der Waals surface area contributed by atoms with E-state index in [-0.39, 0.29) is 6.04 Å². The van der Waals surface area contributed by atoms with Gasteiger partial charge in [0.25, 0.3) is 0 Å². The van der Waals surface area contributed by atoms with Gasteiger partial charge in [-0.1, -0.05) is 0 Å². The predicted molar refractivity (Wildman–Crippen MR) is 67.1 cm³/mol. The lowest BCUT2D eigenvalue weighted by atomic mass is 9.96.